The zero-order valence-corrected chi connectivity index (χ0v) is 15.4. The van der Waals surface area contributed by atoms with Crippen molar-refractivity contribution < 1.29 is 14.3 Å². The Morgan fingerprint density at radius 1 is 1.11 bits per heavy atom. The Kier molecular flexibility index (Phi) is 6.73. The average molecular weight is 363 g/mol. The number of nitriles is 1. The number of para-hydroxylation sites is 1. The fraction of sp³-hybridized carbons (Fsp3) is 0.190. The molecule has 0 radical (unpaired) electrons. The maximum atomic E-state index is 12.4. The average Bonchev–Trinajstić information content (AvgIpc) is 2.68. The molecule has 138 valence electrons. The number of nitrogens with one attached hydrogen (secondary N) is 2. The van der Waals surface area contributed by atoms with E-state index >= 15 is 0 Å². The van der Waals surface area contributed by atoms with E-state index in [1.807, 2.05) is 38.1 Å². The Labute approximate surface area is 158 Å². The Morgan fingerprint density at radius 3 is 2.37 bits per heavy atom. The Bertz CT molecular complexity index is 894. The second kappa shape index (κ2) is 9.20. The van der Waals surface area contributed by atoms with E-state index < -0.39 is 11.9 Å². The van der Waals surface area contributed by atoms with Gasteiger partial charge in [-0.05, 0) is 41.8 Å². The molecule has 0 saturated carbocycles. The van der Waals surface area contributed by atoms with Crippen molar-refractivity contribution in [3.8, 4) is 6.07 Å². The molecule has 0 aliphatic rings. The number of anilines is 2. The molecule has 0 atom stereocenters. The van der Waals surface area contributed by atoms with Gasteiger partial charge in [0.1, 0.15) is 11.6 Å². The van der Waals surface area contributed by atoms with Gasteiger partial charge in [0.15, 0.2) is 0 Å². The van der Waals surface area contributed by atoms with Gasteiger partial charge in [-0.15, -0.1) is 0 Å². The highest BCUT2D eigenvalue weighted by atomic mass is 16.5. The van der Waals surface area contributed by atoms with Crippen LogP contribution in [0.4, 0.5) is 11.4 Å². The number of hydrogen-bond donors (Lipinski definition) is 2. The minimum Gasteiger partial charge on any atom is -0.465 e. The van der Waals surface area contributed by atoms with Gasteiger partial charge in [-0.1, -0.05) is 32.0 Å². The third-order valence-electron chi connectivity index (χ3n) is 3.89. The van der Waals surface area contributed by atoms with Gasteiger partial charge in [0.2, 0.25) is 0 Å². The number of nitrogens with zero attached hydrogens (tertiary/aromatic N) is 1. The number of amides is 1. The fourth-order valence-corrected chi connectivity index (χ4v) is 2.43. The van der Waals surface area contributed by atoms with Crippen molar-refractivity contribution in [3.63, 3.8) is 0 Å². The summed E-state index contributed by atoms with van der Waals surface area (Å²) in [6, 6.07) is 15.9. The summed E-state index contributed by atoms with van der Waals surface area (Å²) in [5.74, 6) is -0.690. The number of benzene rings is 2. The van der Waals surface area contributed by atoms with Crippen LogP contribution in [0.2, 0.25) is 0 Å². The largest absolute Gasteiger partial charge is 0.465 e. The highest BCUT2D eigenvalue weighted by Gasteiger charge is 2.13. The van der Waals surface area contributed by atoms with Gasteiger partial charge >= 0.3 is 5.97 Å². The van der Waals surface area contributed by atoms with Crippen molar-refractivity contribution in [3.05, 3.63) is 71.4 Å². The van der Waals surface area contributed by atoms with Crippen molar-refractivity contribution in [1.82, 2.24) is 0 Å². The van der Waals surface area contributed by atoms with Crippen LogP contribution in [0.3, 0.4) is 0 Å². The Hall–Kier alpha value is -3.59. The van der Waals surface area contributed by atoms with Gasteiger partial charge in [0.25, 0.3) is 5.91 Å². The summed E-state index contributed by atoms with van der Waals surface area (Å²) in [6.45, 7) is 4.07. The molecule has 0 spiro atoms. The van der Waals surface area contributed by atoms with Gasteiger partial charge in [-0.3, -0.25) is 4.79 Å². The molecule has 2 rings (SSSR count). The minimum atomic E-state index is -0.496. The van der Waals surface area contributed by atoms with Crippen LogP contribution in [0.15, 0.2) is 60.3 Å². The monoisotopic (exact) mass is 363 g/mol. The molecule has 6 nitrogen and oxygen atoms in total. The van der Waals surface area contributed by atoms with Crippen molar-refractivity contribution in [2.75, 3.05) is 17.7 Å². The van der Waals surface area contributed by atoms with Gasteiger partial charge in [-0.25, -0.2) is 4.79 Å². The third-order valence-corrected chi connectivity index (χ3v) is 3.89. The fourth-order valence-electron chi connectivity index (χ4n) is 2.43. The first-order valence-electron chi connectivity index (χ1n) is 8.41. The molecule has 0 heterocycles. The van der Waals surface area contributed by atoms with E-state index in [1.54, 1.807) is 30.3 Å². The summed E-state index contributed by atoms with van der Waals surface area (Å²) in [5, 5.41) is 15.0. The van der Waals surface area contributed by atoms with E-state index in [0.29, 0.717) is 16.9 Å². The van der Waals surface area contributed by atoms with Crippen LogP contribution in [-0.2, 0) is 9.53 Å². The quantitative estimate of drug-likeness (QED) is 0.459. The lowest BCUT2D eigenvalue weighted by molar-refractivity contribution is -0.112. The predicted molar refractivity (Wildman–Crippen MR) is 104 cm³/mol. The minimum absolute atomic E-state index is 0.0643. The summed E-state index contributed by atoms with van der Waals surface area (Å²) in [5.41, 5.74) is 2.66. The molecule has 0 saturated heterocycles. The van der Waals surface area contributed by atoms with Crippen LogP contribution in [0.25, 0.3) is 0 Å². The summed E-state index contributed by atoms with van der Waals surface area (Å²) >= 11 is 0. The maximum Gasteiger partial charge on any atom is 0.337 e. The lowest BCUT2D eigenvalue weighted by atomic mass is 10.0. The number of carbonyl (C=O) groups is 2. The van der Waals surface area contributed by atoms with Gasteiger partial charge in [0, 0.05) is 17.6 Å². The molecule has 0 aliphatic heterocycles. The van der Waals surface area contributed by atoms with E-state index in [2.05, 4.69) is 15.4 Å². The van der Waals surface area contributed by atoms with E-state index in [-0.39, 0.29) is 11.5 Å². The van der Waals surface area contributed by atoms with Crippen LogP contribution >= 0.6 is 0 Å². The molecule has 0 fully saturated rings. The normalized spacial score (nSPS) is 10.9. The zero-order chi connectivity index (χ0) is 19.8. The molecular weight excluding hydrogens is 342 g/mol. The van der Waals surface area contributed by atoms with Gasteiger partial charge in [0.05, 0.1) is 12.7 Å². The molecular formula is C21H21N3O3. The van der Waals surface area contributed by atoms with Crippen molar-refractivity contribution in [2.24, 2.45) is 0 Å². The summed E-state index contributed by atoms with van der Waals surface area (Å²) in [4.78, 5) is 23.8. The summed E-state index contributed by atoms with van der Waals surface area (Å²) in [6.07, 6.45) is 1.33. The molecule has 0 bridgehead atoms. The number of carbonyl (C=O) groups excluding carboxylic acids is 2. The van der Waals surface area contributed by atoms with Gasteiger partial charge < -0.3 is 15.4 Å². The Morgan fingerprint density at radius 2 is 1.78 bits per heavy atom. The van der Waals surface area contributed by atoms with Crippen LogP contribution < -0.4 is 10.6 Å². The smallest absolute Gasteiger partial charge is 0.337 e. The number of esters is 1. The van der Waals surface area contributed by atoms with Crippen molar-refractivity contribution in [1.29, 1.82) is 5.26 Å². The molecule has 27 heavy (non-hydrogen) atoms. The van der Waals surface area contributed by atoms with Crippen molar-refractivity contribution in [2.45, 2.75) is 19.8 Å². The molecule has 1 amide bonds. The second-order valence-electron chi connectivity index (χ2n) is 6.08. The number of hydrogen-bond acceptors (Lipinski definition) is 5. The lowest BCUT2D eigenvalue weighted by Crippen LogP contribution is -2.16. The van der Waals surface area contributed by atoms with E-state index in [4.69, 9.17) is 0 Å². The number of ether oxygens (including phenoxy) is 1. The van der Waals surface area contributed by atoms with Crippen LogP contribution in [0, 0.1) is 11.3 Å². The standard InChI is InChI=1S/C21H21N3O3/c1-14(2)18-6-4-5-7-19(18)24-20(25)16(12-22)13-23-17-10-8-15(9-11-17)21(26)27-3/h4-11,13-14,23H,1-3H3,(H,24,25)/b16-13-. The Balaban J connectivity index is 2.11. The van der Waals surface area contributed by atoms with Crippen LogP contribution in [0.5, 0.6) is 0 Å². The van der Waals surface area contributed by atoms with Crippen molar-refractivity contribution >= 4 is 23.3 Å². The van der Waals surface area contributed by atoms with E-state index in [1.165, 1.54) is 13.3 Å². The van der Waals surface area contributed by atoms with Gasteiger partial charge in [-0.2, -0.15) is 5.26 Å². The van der Waals surface area contributed by atoms with Crippen LogP contribution in [-0.4, -0.2) is 19.0 Å². The molecule has 0 aromatic heterocycles. The lowest BCUT2D eigenvalue weighted by Gasteiger charge is -2.13. The molecule has 0 aliphatic carbocycles. The SMILES string of the molecule is COC(=O)c1ccc(N/C=C(/C#N)C(=O)Nc2ccccc2C(C)C)cc1. The highest BCUT2D eigenvalue weighted by Crippen LogP contribution is 2.24. The first-order chi connectivity index (χ1) is 13.0. The number of rotatable bonds is 6. The maximum absolute atomic E-state index is 12.4. The highest BCUT2D eigenvalue weighted by molar-refractivity contribution is 6.07. The predicted octanol–water partition coefficient (Wildman–Crippen LogP) is 4.05. The second-order valence-corrected chi connectivity index (χ2v) is 6.08. The zero-order valence-electron chi connectivity index (χ0n) is 15.4. The topological polar surface area (TPSA) is 91.2 Å². The molecule has 6 heteroatoms. The van der Waals surface area contributed by atoms with E-state index in [0.717, 1.165) is 5.56 Å². The first-order valence-corrected chi connectivity index (χ1v) is 8.41. The number of methoxy groups -OCH3 is 1. The summed E-state index contributed by atoms with van der Waals surface area (Å²) < 4.78 is 4.64. The molecule has 2 aromatic carbocycles. The summed E-state index contributed by atoms with van der Waals surface area (Å²) in [7, 11) is 1.31. The third kappa shape index (κ3) is 5.19. The van der Waals surface area contributed by atoms with E-state index in [9.17, 15) is 14.9 Å². The first kappa shape index (κ1) is 19.7. The van der Waals surface area contributed by atoms with Crippen LogP contribution in [0.1, 0.15) is 35.7 Å². The molecule has 2 N–H and O–H groups in total. The molecule has 0 unspecified atom stereocenters. The molecule has 2 aromatic rings.